The maximum absolute atomic E-state index is 12.7. The van der Waals surface area contributed by atoms with E-state index in [2.05, 4.69) is 22.8 Å². The second kappa shape index (κ2) is 7.42. The molecule has 0 aromatic heterocycles. The van der Waals surface area contributed by atoms with Crippen LogP contribution in [0, 0.1) is 46.8 Å². The van der Waals surface area contributed by atoms with E-state index < -0.39 is 0 Å². The van der Waals surface area contributed by atoms with Gasteiger partial charge in [0.2, 0.25) is 23.6 Å². The Morgan fingerprint density at radius 2 is 1.41 bits per heavy atom. The number of imide groups is 1. The summed E-state index contributed by atoms with van der Waals surface area (Å²) >= 11 is 0. The van der Waals surface area contributed by atoms with Crippen LogP contribution >= 0.6 is 0 Å². The second-order valence-electron chi connectivity index (χ2n) is 11.5. The standard InChI is InChI=1S/C25H33N3O4/c29-19(12-25-9-14-5-15(10-25)7-16(6-14)11-25)27-13-20(30)26-3-4-28-23(31)21-17-1-2-18(8-17)22(21)24(28)32/h1-2,14-18,21-22H,3-13H2,(H,26,30)(H,27,29)/t14?,15?,16?,17-,18-,21+,22+,25?/m0/s1. The zero-order valence-electron chi connectivity index (χ0n) is 18.6. The molecular weight excluding hydrogens is 406 g/mol. The van der Waals surface area contributed by atoms with Crippen molar-refractivity contribution in [3.8, 4) is 0 Å². The second-order valence-corrected chi connectivity index (χ2v) is 11.5. The van der Waals surface area contributed by atoms with Crippen LogP contribution in [0.1, 0.15) is 51.4 Å². The molecule has 6 fully saturated rings. The Bertz CT molecular complexity index is 830. The molecule has 32 heavy (non-hydrogen) atoms. The molecule has 1 aliphatic heterocycles. The fourth-order valence-corrected chi connectivity index (χ4v) is 8.64. The molecule has 2 N–H and O–H groups in total. The van der Waals surface area contributed by atoms with E-state index in [1.807, 2.05) is 0 Å². The highest BCUT2D eigenvalue weighted by Crippen LogP contribution is 2.61. The lowest BCUT2D eigenvalue weighted by molar-refractivity contribution is -0.141. The van der Waals surface area contributed by atoms with Gasteiger partial charge in [0.15, 0.2) is 0 Å². The van der Waals surface area contributed by atoms with Gasteiger partial charge in [0.05, 0.1) is 18.4 Å². The molecule has 7 nitrogen and oxygen atoms in total. The topological polar surface area (TPSA) is 95.6 Å². The first kappa shape index (κ1) is 20.4. The minimum Gasteiger partial charge on any atom is -0.353 e. The Kier molecular flexibility index (Phi) is 4.74. The number of carbonyl (C=O) groups excluding carboxylic acids is 4. The molecule has 7 aliphatic rings. The Balaban J connectivity index is 0.939. The first-order chi connectivity index (χ1) is 15.4. The van der Waals surface area contributed by atoms with Crippen molar-refractivity contribution in [2.45, 2.75) is 51.4 Å². The summed E-state index contributed by atoms with van der Waals surface area (Å²) in [6, 6.07) is 0. The number of rotatable bonds is 7. The van der Waals surface area contributed by atoms with Gasteiger partial charge in [-0.2, -0.15) is 0 Å². The highest BCUT2D eigenvalue weighted by molar-refractivity contribution is 6.06. The molecule has 5 saturated carbocycles. The lowest BCUT2D eigenvalue weighted by atomic mass is 9.49. The fraction of sp³-hybridized carbons (Fsp3) is 0.760. The Hall–Kier alpha value is -2.18. The predicted molar refractivity (Wildman–Crippen MR) is 116 cm³/mol. The minimum atomic E-state index is -0.273. The van der Waals surface area contributed by atoms with E-state index in [1.54, 1.807) is 0 Å². The lowest BCUT2D eigenvalue weighted by Gasteiger charge is -2.56. The molecule has 7 rings (SSSR count). The summed E-state index contributed by atoms with van der Waals surface area (Å²) in [6.07, 6.45) is 13.2. The molecule has 6 bridgehead atoms. The van der Waals surface area contributed by atoms with Crippen molar-refractivity contribution >= 4 is 23.6 Å². The smallest absolute Gasteiger partial charge is 0.239 e. The normalized spacial score (nSPS) is 42.6. The number of nitrogens with zero attached hydrogens (tertiary/aromatic N) is 1. The number of nitrogens with one attached hydrogen (secondary N) is 2. The van der Waals surface area contributed by atoms with E-state index in [0.717, 1.165) is 24.2 Å². The van der Waals surface area contributed by atoms with Crippen LogP contribution in [0.25, 0.3) is 0 Å². The third-order valence-electron chi connectivity index (χ3n) is 9.37. The van der Waals surface area contributed by atoms with Gasteiger partial charge < -0.3 is 10.6 Å². The predicted octanol–water partition coefficient (Wildman–Crippen LogP) is 1.63. The van der Waals surface area contributed by atoms with Crippen molar-refractivity contribution in [3.63, 3.8) is 0 Å². The van der Waals surface area contributed by atoms with Crippen LogP contribution in [0.15, 0.2) is 12.2 Å². The summed E-state index contributed by atoms with van der Waals surface area (Å²) in [5.41, 5.74) is 0.165. The maximum Gasteiger partial charge on any atom is 0.239 e. The van der Waals surface area contributed by atoms with E-state index in [4.69, 9.17) is 0 Å². The van der Waals surface area contributed by atoms with Gasteiger partial charge in [0.1, 0.15) is 0 Å². The highest BCUT2D eigenvalue weighted by atomic mass is 16.2. The average Bonchev–Trinajstić information content (AvgIpc) is 3.40. The first-order valence-electron chi connectivity index (χ1n) is 12.5. The molecule has 0 unspecified atom stereocenters. The molecule has 4 amide bonds. The monoisotopic (exact) mass is 439 g/mol. The SMILES string of the molecule is O=C(CNC(=O)CC12CC3CC(CC(C3)C1)C2)NCCN1C(=O)[C@H]2[C@H](C1=O)[C@H]1C=C[C@H]2C1. The molecular formula is C25H33N3O4. The van der Waals surface area contributed by atoms with Gasteiger partial charge in [-0.05, 0) is 80.0 Å². The van der Waals surface area contributed by atoms with Crippen molar-refractivity contribution in [1.82, 2.24) is 15.5 Å². The fourth-order valence-electron chi connectivity index (χ4n) is 8.64. The van der Waals surface area contributed by atoms with Crippen LogP contribution < -0.4 is 10.6 Å². The Morgan fingerprint density at radius 1 is 0.844 bits per heavy atom. The average molecular weight is 440 g/mol. The van der Waals surface area contributed by atoms with E-state index in [-0.39, 0.29) is 72.3 Å². The van der Waals surface area contributed by atoms with Gasteiger partial charge in [-0.3, -0.25) is 24.1 Å². The largest absolute Gasteiger partial charge is 0.353 e. The molecule has 0 aromatic rings. The van der Waals surface area contributed by atoms with Gasteiger partial charge in [-0.15, -0.1) is 0 Å². The van der Waals surface area contributed by atoms with Crippen molar-refractivity contribution < 1.29 is 19.2 Å². The van der Waals surface area contributed by atoms with E-state index in [9.17, 15) is 19.2 Å². The van der Waals surface area contributed by atoms with Gasteiger partial charge in [-0.25, -0.2) is 0 Å². The number of amides is 4. The molecule has 172 valence electrons. The summed E-state index contributed by atoms with van der Waals surface area (Å²) in [5, 5.41) is 5.55. The zero-order chi connectivity index (χ0) is 22.0. The number of hydrogen-bond donors (Lipinski definition) is 2. The van der Waals surface area contributed by atoms with Crippen LogP contribution in [0.5, 0.6) is 0 Å². The van der Waals surface area contributed by atoms with Crippen LogP contribution in [0.3, 0.4) is 0 Å². The van der Waals surface area contributed by atoms with Gasteiger partial charge >= 0.3 is 0 Å². The molecule has 4 atom stereocenters. The van der Waals surface area contributed by atoms with Crippen LogP contribution in [-0.4, -0.2) is 48.2 Å². The quantitative estimate of drug-likeness (QED) is 0.466. The number of likely N-dealkylation sites (tertiary alicyclic amines) is 1. The third kappa shape index (κ3) is 3.30. The zero-order valence-corrected chi connectivity index (χ0v) is 18.6. The van der Waals surface area contributed by atoms with Gasteiger partial charge in [0.25, 0.3) is 0 Å². The van der Waals surface area contributed by atoms with E-state index >= 15 is 0 Å². The van der Waals surface area contributed by atoms with Crippen molar-refractivity contribution in [2.24, 2.45) is 46.8 Å². The molecule has 6 aliphatic carbocycles. The first-order valence-corrected chi connectivity index (χ1v) is 12.5. The summed E-state index contributed by atoms with van der Waals surface area (Å²) < 4.78 is 0. The summed E-state index contributed by atoms with van der Waals surface area (Å²) in [6.45, 7) is 0.382. The van der Waals surface area contributed by atoms with Crippen LogP contribution in [0.4, 0.5) is 0 Å². The molecule has 0 radical (unpaired) electrons. The molecule has 1 saturated heterocycles. The number of hydrogen-bond acceptors (Lipinski definition) is 4. The molecule has 7 heteroatoms. The van der Waals surface area contributed by atoms with E-state index in [0.29, 0.717) is 6.42 Å². The molecule has 1 heterocycles. The molecule has 0 aromatic carbocycles. The third-order valence-corrected chi connectivity index (χ3v) is 9.37. The summed E-state index contributed by atoms with van der Waals surface area (Å²) in [4.78, 5) is 51.5. The Morgan fingerprint density at radius 3 is 1.97 bits per heavy atom. The maximum atomic E-state index is 12.7. The molecule has 0 spiro atoms. The van der Waals surface area contributed by atoms with Crippen LogP contribution in [-0.2, 0) is 19.2 Å². The summed E-state index contributed by atoms with van der Waals surface area (Å²) in [5.74, 6) is 1.94. The number of allylic oxidation sites excluding steroid dienone is 2. The van der Waals surface area contributed by atoms with Crippen LogP contribution in [0.2, 0.25) is 0 Å². The van der Waals surface area contributed by atoms with Crippen molar-refractivity contribution in [2.75, 3.05) is 19.6 Å². The van der Waals surface area contributed by atoms with Gasteiger partial charge in [-0.1, -0.05) is 12.2 Å². The lowest BCUT2D eigenvalue weighted by Crippen LogP contribution is -2.48. The van der Waals surface area contributed by atoms with Crippen molar-refractivity contribution in [3.05, 3.63) is 12.2 Å². The highest BCUT2D eigenvalue weighted by Gasteiger charge is 2.59. The number of carbonyl (C=O) groups is 4. The van der Waals surface area contributed by atoms with Crippen molar-refractivity contribution in [1.29, 1.82) is 0 Å². The van der Waals surface area contributed by atoms with Gasteiger partial charge in [0, 0.05) is 19.5 Å². The minimum absolute atomic E-state index is 0.0252. The van der Waals surface area contributed by atoms with E-state index in [1.165, 1.54) is 43.4 Å². The number of fused-ring (bicyclic) bond motifs is 5. The Labute approximate surface area is 188 Å². The summed E-state index contributed by atoms with van der Waals surface area (Å²) in [7, 11) is 0.